The van der Waals surface area contributed by atoms with Crippen molar-refractivity contribution in [3.63, 3.8) is 0 Å². The number of aromatic nitrogens is 4. The summed E-state index contributed by atoms with van der Waals surface area (Å²) >= 11 is 0. The number of furan rings is 1. The van der Waals surface area contributed by atoms with Crippen LogP contribution in [0.2, 0.25) is 0 Å². The fourth-order valence-corrected chi connectivity index (χ4v) is 3.71. The van der Waals surface area contributed by atoms with Crippen molar-refractivity contribution >= 4 is 11.7 Å². The smallest absolute Gasteiger partial charge is 0.263 e. The molecule has 0 bridgehead atoms. The summed E-state index contributed by atoms with van der Waals surface area (Å²) in [5.74, 6) is 2.79. The molecule has 0 saturated carbocycles. The molecular weight excluding hydrogens is 400 g/mol. The van der Waals surface area contributed by atoms with Gasteiger partial charge in [-0.15, -0.1) is 0 Å². The van der Waals surface area contributed by atoms with Gasteiger partial charge in [-0.2, -0.15) is 4.98 Å². The zero-order valence-electron chi connectivity index (χ0n) is 17.6. The van der Waals surface area contributed by atoms with Gasteiger partial charge in [0.15, 0.2) is 5.82 Å². The van der Waals surface area contributed by atoms with Crippen LogP contribution < -0.4 is 10.2 Å². The Labute approximate surface area is 179 Å². The van der Waals surface area contributed by atoms with E-state index in [9.17, 15) is 9.90 Å². The monoisotopic (exact) mass is 426 g/mol. The molecule has 1 unspecified atom stereocenters. The fraction of sp³-hybridized carbons (Fsp3) is 0.476. The number of amides is 1. The molecule has 2 N–H and O–H groups in total. The SMILES string of the molecule is Cc1noc(-c2cnc(C)nc2N2CCC(C(=O)NCCC(O)c3ccco3)CC2)n1. The molecule has 10 nitrogen and oxygen atoms in total. The van der Waals surface area contributed by atoms with E-state index in [0.717, 1.165) is 5.82 Å². The molecule has 10 heteroatoms. The number of nitrogens with zero attached hydrogens (tertiary/aromatic N) is 5. The minimum absolute atomic E-state index is 0.0120. The molecule has 4 heterocycles. The van der Waals surface area contributed by atoms with Crippen LogP contribution in [0.15, 0.2) is 33.5 Å². The second-order valence-electron chi connectivity index (χ2n) is 7.67. The lowest BCUT2D eigenvalue weighted by molar-refractivity contribution is -0.125. The standard InChI is InChI=1S/C21H26N6O4/c1-13-23-12-16(21-25-14(2)26-31-21)19(24-13)27-9-6-15(7-10-27)20(29)22-8-5-17(28)18-4-3-11-30-18/h3-4,11-12,15,17,28H,5-10H2,1-2H3,(H,22,29). The molecule has 1 aliphatic rings. The van der Waals surface area contributed by atoms with E-state index in [4.69, 9.17) is 8.94 Å². The molecule has 164 valence electrons. The Hall–Kier alpha value is -3.27. The van der Waals surface area contributed by atoms with Crippen LogP contribution in [-0.2, 0) is 4.79 Å². The van der Waals surface area contributed by atoms with Gasteiger partial charge in [0.25, 0.3) is 5.89 Å². The average Bonchev–Trinajstić information content (AvgIpc) is 3.46. The molecule has 1 atom stereocenters. The zero-order chi connectivity index (χ0) is 21.8. The summed E-state index contributed by atoms with van der Waals surface area (Å²) in [5, 5.41) is 16.8. The van der Waals surface area contributed by atoms with Crippen LogP contribution in [0.1, 0.15) is 42.8 Å². The van der Waals surface area contributed by atoms with Crippen LogP contribution in [0, 0.1) is 19.8 Å². The molecule has 0 radical (unpaired) electrons. The normalized spacial score (nSPS) is 15.8. The predicted octanol–water partition coefficient (Wildman–Crippen LogP) is 2.19. The van der Waals surface area contributed by atoms with Crippen LogP contribution in [0.3, 0.4) is 0 Å². The first-order valence-electron chi connectivity index (χ1n) is 10.4. The summed E-state index contributed by atoms with van der Waals surface area (Å²) in [6, 6.07) is 3.45. The third-order valence-electron chi connectivity index (χ3n) is 5.40. The number of carbonyl (C=O) groups excluding carboxylic acids is 1. The van der Waals surface area contributed by atoms with Crippen molar-refractivity contribution in [2.24, 2.45) is 5.92 Å². The summed E-state index contributed by atoms with van der Waals surface area (Å²) in [6.45, 7) is 5.36. The lowest BCUT2D eigenvalue weighted by Crippen LogP contribution is -2.41. The van der Waals surface area contributed by atoms with Gasteiger partial charge in [-0.25, -0.2) is 9.97 Å². The van der Waals surface area contributed by atoms with Crippen molar-refractivity contribution in [2.45, 2.75) is 39.2 Å². The van der Waals surface area contributed by atoms with Crippen molar-refractivity contribution in [3.8, 4) is 11.5 Å². The molecule has 3 aromatic heterocycles. The molecule has 4 rings (SSSR count). The first-order valence-corrected chi connectivity index (χ1v) is 10.4. The Kier molecular flexibility index (Phi) is 6.26. The maximum Gasteiger partial charge on any atom is 0.263 e. The molecule has 31 heavy (non-hydrogen) atoms. The number of nitrogens with one attached hydrogen (secondary N) is 1. The number of piperidine rings is 1. The van der Waals surface area contributed by atoms with Gasteiger partial charge in [0, 0.05) is 31.7 Å². The summed E-state index contributed by atoms with van der Waals surface area (Å²) in [4.78, 5) is 27.9. The van der Waals surface area contributed by atoms with Gasteiger partial charge in [-0.05, 0) is 45.2 Å². The Morgan fingerprint density at radius 2 is 2.10 bits per heavy atom. The number of anilines is 1. The highest BCUT2D eigenvalue weighted by Crippen LogP contribution is 2.30. The van der Waals surface area contributed by atoms with Gasteiger partial charge in [0.05, 0.1) is 6.26 Å². The van der Waals surface area contributed by atoms with E-state index in [2.05, 4.69) is 30.3 Å². The van der Waals surface area contributed by atoms with E-state index in [1.165, 1.54) is 6.26 Å². The highest BCUT2D eigenvalue weighted by molar-refractivity contribution is 5.79. The minimum Gasteiger partial charge on any atom is -0.467 e. The predicted molar refractivity (Wildman–Crippen MR) is 111 cm³/mol. The molecular formula is C21H26N6O4. The number of hydrogen-bond donors (Lipinski definition) is 2. The molecule has 0 spiro atoms. The van der Waals surface area contributed by atoms with Crippen molar-refractivity contribution in [3.05, 3.63) is 42.0 Å². The molecule has 3 aromatic rings. The average molecular weight is 426 g/mol. The van der Waals surface area contributed by atoms with E-state index < -0.39 is 6.10 Å². The van der Waals surface area contributed by atoms with Gasteiger partial charge >= 0.3 is 0 Å². The van der Waals surface area contributed by atoms with E-state index in [1.54, 1.807) is 25.3 Å². The largest absolute Gasteiger partial charge is 0.467 e. The second-order valence-corrected chi connectivity index (χ2v) is 7.67. The zero-order valence-corrected chi connectivity index (χ0v) is 17.6. The Bertz CT molecular complexity index is 1010. The third kappa shape index (κ3) is 4.91. The summed E-state index contributed by atoms with van der Waals surface area (Å²) < 4.78 is 10.5. The molecule has 1 amide bonds. The molecule has 1 aliphatic heterocycles. The minimum atomic E-state index is -0.718. The number of aliphatic hydroxyl groups excluding tert-OH is 1. The van der Waals surface area contributed by atoms with E-state index in [1.807, 2.05) is 6.92 Å². The fourth-order valence-electron chi connectivity index (χ4n) is 3.71. The van der Waals surface area contributed by atoms with Crippen molar-refractivity contribution in [1.29, 1.82) is 0 Å². The number of carbonyl (C=O) groups is 1. The van der Waals surface area contributed by atoms with Gasteiger partial charge in [-0.3, -0.25) is 4.79 Å². The van der Waals surface area contributed by atoms with Crippen LogP contribution in [0.5, 0.6) is 0 Å². The maximum absolute atomic E-state index is 12.6. The quantitative estimate of drug-likeness (QED) is 0.584. The van der Waals surface area contributed by atoms with E-state index in [0.29, 0.717) is 67.8 Å². The topological polar surface area (TPSA) is 130 Å². The number of rotatable bonds is 7. The number of hydrogen-bond acceptors (Lipinski definition) is 9. The van der Waals surface area contributed by atoms with E-state index in [-0.39, 0.29) is 11.8 Å². The van der Waals surface area contributed by atoms with Crippen molar-refractivity contribution < 1.29 is 18.8 Å². The highest BCUT2D eigenvalue weighted by Gasteiger charge is 2.28. The van der Waals surface area contributed by atoms with Crippen LogP contribution in [-0.4, -0.2) is 50.8 Å². The van der Waals surface area contributed by atoms with Crippen LogP contribution in [0.4, 0.5) is 5.82 Å². The Morgan fingerprint density at radius 3 is 2.77 bits per heavy atom. The van der Waals surface area contributed by atoms with Gasteiger partial charge in [0.2, 0.25) is 5.91 Å². The molecule has 0 aliphatic carbocycles. The van der Waals surface area contributed by atoms with Gasteiger partial charge < -0.3 is 24.3 Å². The number of aliphatic hydroxyl groups is 1. The first kappa shape index (κ1) is 21.0. The van der Waals surface area contributed by atoms with Crippen molar-refractivity contribution in [2.75, 3.05) is 24.5 Å². The Balaban J connectivity index is 1.32. The lowest BCUT2D eigenvalue weighted by atomic mass is 9.95. The molecule has 1 saturated heterocycles. The first-order chi connectivity index (χ1) is 15.0. The van der Waals surface area contributed by atoms with Gasteiger partial charge in [-0.1, -0.05) is 5.16 Å². The highest BCUT2D eigenvalue weighted by atomic mass is 16.5. The Morgan fingerprint density at radius 1 is 1.29 bits per heavy atom. The van der Waals surface area contributed by atoms with Gasteiger partial charge in [0.1, 0.15) is 29.1 Å². The lowest BCUT2D eigenvalue weighted by Gasteiger charge is -2.33. The summed E-state index contributed by atoms with van der Waals surface area (Å²) in [5.41, 5.74) is 0.695. The van der Waals surface area contributed by atoms with Crippen molar-refractivity contribution in [1.82, 2.24) is 25.4 Å². The summed E-state index contributed by atoms with van der Waals surface area (Å²) in [6.07, 6.45) is 4.33. The molecule has 0 aromatic carbocycles. The third-order valence-corrected chi connectivity index (χ3v) is 5.40. The van der Waals surface area contributed by atoms with Crippen LogP contribution >= 0.6 is 0 Å². The van der Waals surface area contributed by atoms with E-state index >= 15 is 0 Å². The summed E-state index contributed by atoms with van der Waals surface area (Å²) in [7, 11) is 0. The number of aryl methyl sites for hydroxylation is 2. The maximum atomic E-state index is 12.6. The van der Waals surface area contributed by atoms with Crippen LogP contribution in [0.25, 0.3) is 11.5 Å². The molecule has 1 fully saturated rings. The second kappa shape index (κ2) is 9.25.